The third-order valence-corrected chi connectivity index (χ3v) is 2.55. The van der Waals surface area contributed by atoms with E-state index in [-0.39, 0.29) is 11.6 Å². The molecule has 0 amide bonds. The van der Waals surface area contributed by atoms with E-state index in [2.05, 4.69) is 0 Å². The second kappa shape index (κ2) is 5.86. The summed E-state index contributed by atoms with van der Waals surface area (Å²) in [4.78, 5) is 11.0. The molecule has 0 aliphatic rings. The van der Waals surface area contributed by atoms with Gasteiger partial charge in [0.25, 0.3) is 0 Å². The summed E-state index contributed by atoms with van der Waals surface area (Å²) < 4.78 is 13.3. The summed E-state index contributed by atoms with van der Waals surface area (Å²) in [5.41, 5.74) is 0.628. The molecule has 1 aromatic carbocycles. The Morgan fingerprint density at radius 3 is 2.80 bits per heavy atom. The molecule has 0 bridgehead atoms. The van der Waals surface area contributed by atoms with Gasteiger partial charge in [-0.2, -0.15) is 0 Å². The minimum atomic E-state index is -0.286. The van der Waals surface area contributed by atoms with Crippen molar-refractivity contribution in [3.63, 3.8) is 0 Å². The molecule has 0 aliphatic heterocycles. The van der Waals surface area contributed by atoms with Gasteiger partial charge in [0, 0.05) is 17.9 Å². The van der Waals surface area contributed by atoms with Crippen molar-refractivity contribution in [2.75, 3.05) is 0 Å². The molecular weight excluding hydrogens is 215 g/mol. The van der Waals surface area contributed by atoms with Crippen LogP contribution in [0.25, 0.3) is 0 Å². The zero-order chi connectivity index (χ0) is 11.3. The fourth-order valence-corrected chi connectivity index (χ4v) is 1.54. The smallest absolute Gasteiger partial charge is 0.132 e. The quantitative estimate of drug-likeness (QED) is 0.750. The lowest BCUT2D eigenvalue weighted by Crippen LogP contribution is -1.97. The number of benzene rings is 1. The van der Waals surface area contributed by atoms with Gasteiger partial charge in [0.2, 0.25) is 0 Å². The van der Waals surface area contributed by atoms with Gasteiger partial charge in [-0.3, -0.25) is 4.79 Å². The SMILES string of the molecule is CCC(=O)CCCc1ccc(Cl)cc1F. The molecule has 82 valence electrons. The van der Waals surface area contributed by atoms with E-state index in [1.165, 1.54) is 6.07 Å². The van der Waals surface area contributed by atoms with Gasteiger partial charge in [-0.1, -0.05) is 24.6 Å². The summed E-state index contributed by atoms with van der Waals surface area (Å²) in [7, 11) is 0. The molecule has 0 saturated heterocycles. The highest BCUT2D eigenvalue weighted by atomic mass is 35.5. The van der Waals surface area contributed by atoms with E-state index in [0.29, 0.717) is 36.3 Å². The minimum absolute atomic E-state index is 0.226. The fourth-order valence-electron chi connectivity index (χ4n) is 1.38. The summed E-state index contributed by atoms with van der Waals surface area (Å²) in [6, 6.07) is 4.65. The van der Waals surface area contributed by atoms with Crippen molar-refractivity contribution < 1.29 is 9.18 Å². The number of halogens is 2. The third kappa shape index (κ3) is 4.00. The number of Topliss-reactive ketones (excluding diaryl/α,β-unsaturated/α-hetero) is 1. The molecule has 0 radical (unpaired) electrons. The van der Waals surface area contributed by atoms with Crippen LogP contribution in [0.15, 0.2) is 18.2 Å². The Bertz CT molecular complexity index is 349. The van der Waals surface area contributed by atoms with E-state index in [0.717, 1.165) is 0 Å². The summed E-state index contributed by atoms with van der Waals surface area (Å²) in [6.45, 7) is 1.84. The van der Waals surface area contributed by atoms with Gasteiger partial charge < -0.3 is 0 Å². The predicted octanol–water partition coefficient (Wildman–Crippen LogP) is 3.78. The van der Waals surface area contributed by atoms with Gasteiger partial charge in [-0.15, -0.1) is 0 Å². The summed E-state index contributed by atoms with van der Waals surface area (Å²) in [5.74, 6) is -0.0594. The van der Waals surface area contributed by atoms with Crippen LogP contribution < -0.4 is 0 Å². The monoisotopic (exact) mass is 228 g/mol. The molecule has 1 aromatic rings. The molecule has 1 rings (SSSR count). The highest BCUT2D eigenvalue weighted by Gasteiger charge is 2.04. The molecule has 0 aliphatic carbocycles. The molecule has 3 heteroatoms. The first kappa shape index (κ1) is 12.2. The first-order chi connectivity index (χ1) is 7.13. The number of hydrogen-bond acceptors (Lipinski definition) is 1. The number of carbonyl (C=O) groups excluding carboxylic acids is 1. The molecular formula is C12H14ClFO. The first-order valence-corrected chi connectivity index (χ1v) is 5.47. The number of aryl methyl sites for hydroxylation is 1. The van der Waals surface area contributed by atoms with Gasteiger partial charge in [0.15, 0.2) is 0 Å². The molecule has 0 unspecified atom stereocenters. The lowest BCUT2D eigenvalue weighted by atomic mass is 10.1. The van der Waals surface area contributed by atoms with Crippen molar-refractivity contribution >= 4 is 17.4 Å². The van der Waals surface area contributed by atoms with Crippen molar-refractivity contribution in [3.05, 3.63) is 34.6 Å². The third-order valence-electron chi connectivity index (χ3n) is 2.31. The first-order valence-electron chi connectivity index (χ1n) is 5.09. The predicted molar refractivity (Wildman–Crippen MR) is 59.6 cm³/mol. The standard InChI is InChI=1S/C12H14ClFO/c1-2-11(15)5-3-4-9-6-7-10(13)8-12(9)14/h6-8H,2-5H2,1H3. The average molecular weight is 229 g/mol. The molecule has 1 nitrogen and oxygen atoms in total. The Labute approximate surface area is 94.3 Å². The van der Waals surface area contributed by atoms with E-state index in [1.54, 1.807) is 12.1 Å². The molecule has 0 atom stereocenters. The molecule has 0 aromatic heterocycles. The second-order valence-electron chi connectivity index (χ2n) is 3.48. The van der Waals surface area contributed by atoms with Crippen LogP contribution in [0.5, 0.6) is 0 Å². The van der Waals surface area contributed by atoms with Crippen LogP contribution in [-0.4, -0.2) is 5.78 Å². The zero-order valence-corrected chi connectivity index (χ0v) is 9.48. The van der Waals surface area contributed by atoms with Crippen LogP contribution in [0.2, 0.25) is 5.02 Å². The van der Waals surface area contributed by atoms with Gasteiger partial charge in [0.05, 0.1) is 0 Å². The molecule has 0 N–H and O–H groups in total. The van der Waals surface area contributed by atoms with E-state index in [1.807, 2.05) is 6.92 Å². The Morgan fingerprint density at radius 2 is 2.20 bits per heavy atom. The van der Waals surface area contributed by atoms with Gasteiger partial charge >= 0.3 is 0 Å². The number of ketones is 1. The van der Waals surface area contributed by atoms with Crippen molar-refractivity contribution in [2.45, 2.75) is 32.6 Å². The normalized spacial score (nSPS) is 10.3. The van der Waals surface area contributed by atoms with Crippen LogP contribution in [0.4, 0.5) is 4.39 Å². The zero-order valence-electron chi connectivity index (χ0n) is 8.72. The molecule has 15 heavy (non-hydrogen) atoms. The van der Waals surface area contributed by atoms with E-state index >= 15 is 0 Å². The lowest BCUT2D eigenvalue weighted by Gasteiger charge is -2.02. The minimum Gasteiger partial charge on any atom is -0.300 e. The van der Waals surface area contributed by atoms with E-state index in [9.17, 15) is 9.18 Å². The summed E-state index contributed by atoms with van der Waals surface area (Å²) in [6.07, 6.45) is 2.38. The Morgan fingerprint density at radius 1 is 1.47 bits per heavy atom. The van der Waals surface area contributed by atoms with Crippen LogP contribution in [0.3, 0.4) is 0 Å². The van der Waals surface area contributed by atoms with Crippen LogP contribution in [0.1, 0.15) is 31.7 Å². The van der Waals surface area contributed by atoms with Gasteiger partial charge in [-0.25, -0.2) is 4.39 Å². The van der Waals surface area contributed by atoms with Crippen LogP contribution in [-0.2, 0) is 11.2 Å². The van der Waals surface area contributed by atoms with Gasteiger partial charge in [0.1, 0.15) is 11.6 Å². The van der Waals surface area contributed by atoms with E-state index in [4.69, 9.17) is 11.6 Å². The maximum absolute atomic E-state index is 13.3. The lowest BCUT2D eigenvalue weighted by molar-refractivity contribution is -0.118. The van der Waals surface area contributed by atoms with Crippen molar-refractivity contribution in [1.29, 1.82) is 0 Å². The Balaban J connectivity index is 2.47. The molecule has 0 spiro atoms. The molecule has 0 heterocycles. The summed E-state index contributed by atoms with van der Waals surface area (Å²) >= 11 is 5.63. The highest BCUT2D eigenvalue weighted by Crippen LogP contribution is 2.16. The largest absolute Gasteiger partial charge is 0.300 e. The highest BCUT2D eigenvalue weighted by molar-refractivity contribution is 6.30. The fraction of sp³-hybridized carbons (Fsp3) is 0.417. The van der Waals surface area contributed by atoms with Crippen LogP contribution in [0, 0.1) is 5.82 Å². The maximum atomic E-state index is 13.3. The number of rotatable bonds is 5. The van der Waals surface area contributed by atoms with E-state index < -0.39 is 0 Å². The van der Waals surface area contributed by atoms with Crippen molar-refractivity contribution in [1.82, 2.24) is 0 Å². The number of carbonyl (C=O) groups is 1. The Kier molecular flexibility index (Phi) is 4.76. The second-order valence-corrected chi connectivity index (χ2v) is 3.92. The topological polar surface area (TPSA) is 17.1 Å². The number of hydrogen-bond donors (Lipinski definition) is 0. The summed E-state index contributed by atoms with van der Waals surface area (Å²) in [5, 5.41) is 0.404. The molecule has 0 fully saturated rings. The van der Waals surface area contributed by atoms with Crippen LogP contribution >= 0.6 is 11.6 Å². The molecule has 0 saturated carbocycles. The van der Waals surface area contributed by atoms with Gasteiger partial charge in [-0.05, 0) is 30.5 Å². The van der Waals surface area contributed by atoms with Crippen molar-refractivity contribution in [3.8, 4) is 0 Å². The Hall–Kier alpha value is -0.890. The maximum Gasteiger partial charge on any atom is 0.132 e. The van der Waals surface area contributed by atoms with Crippen molar-refractivity contribution in [2.24, 2.45) is 0 Å². The average Bonchev–Trinajstić information content (AvgIpc) is 2.21.